The van der Waals surface area contributed by atoms with Crippen LogP contribution in [0.25, 0.3) is 0 Å². The van der Waals surface area contributed by atoms with Crippen LogP contribution in [0.3, 0.4) is 0 Å². The summed E-state index contributed by atoms with van der Waals surface area (Å²) in [4.78, 5) is 0. The summed E-state index contributed by atoms with van der Waals surface area (Å²) in [5.74, 6) is 0.497. The average Bonchev–Trinajstić information content (AvgIpc) is 2.03. The number of ether oxygens (including phenoxy) is 1. The van der Waals surface area contributed by atoms with Gasteiger partial charge < -0.3 is 10.5 Å². The van der Waals surface area contributed by atoms with E-state index in [0.29, 0.717) is 12.5 Å². The van der Waals surface area contributed by atoms with Crippen LogP contribution in [0.2, 0.25) is 0 Å². The molecule has 0 aromatic carbocycles. The molecule has 70 valence electrons. The number of hydrogen-bond acceptors (Lipinski definition) is 2. The zero-order chi connectivity index (χ0) is 9.28. The lowest BCUT2D eigenvalue weighted by molar-refractivity contribution is 0.158. The minimum Gasteiger partial charge on any atom is -0.362 e. The highest BCUT2D eigenvalue weighted by atomic mass is 16.5. The third-order valence-electron chi connectivity index (χ3n) is 1.22. The van der Waals surface area contributed by atoms with E-state index in [0.717, 1.165) is 5.57 Å². The van der Waals surface area contributed by atoms with Crippen LogP contribution in [-0.4, -0.2) is 13.3 Å². The normalized spacial score (nSPS) is 8.91. The van der Waals surface area contributed by atoms with E-state index in [1.54, 1.807) is 0 Å². The van der Waals surface area contributed by atoms with E-state index in [2.05, 4.69) is 20.4 Å². The molecule has 0 aliphatic heterocycles. The maximum Gasteiger partial charge on any atom is 0.0944 e. The summed E-state index contributed by atoms with van der Waals surface area (Å²) < 4.78 is 4.93. The van der Waals surface area contributed by atoms with E-state index in [1.807, 2.05) is 13.8 Å². The molecule has 0 aromatic heterocycles. The van der Waals surface area contributed by atoms with Crippen LogP contribution < -0.4 is 5.73 Å². The molecule has 0 radical (unpaired) electrons. The van der Waals surface area contributed by atoms with E-state index in [4.69, 9.17) is 10.5 Å². The maximum absolute atomic E-state index is 5.11. The number of rotatable bonds is 4. The number of hydrogen-bond donors (Lipinski definition) is 1. The van der Waals surface area contributed by atoms with E-state index < -0.39 is 0 Å². The molecule has 0 saturated carbocycles. The van der Waals surface area contributed by atoms with Gasteiger partial charge in [-0.2, -0.15) is 0 Å². The Labute approximate surface area is 71.9 Å². The third-order valence-corrected chi connectivity index (χ3v) is 1.22. The number of nitrogens with two attached hydrogens (primary N) is 1. The first-order valence-electron chi connectivity index (χ1n) is 4.14. The maximum atomic E-state index is 5.11. The van der Waals surface area contributed by atoms with Gasteiger partial charge in [-0.3, -0.25) is 0 Å². The van der Waals surface area contributed by atoms with Crippen molar-refractivity contribution in [3.63, 3.8) is 0 Å². The van der Waals surface area contributed by atoms with Gasteiger partial charge in [-0.25, -0.2) is 0 Å². The van der Waals surface area contributed by atoms with Crippen molar-refractivity contribution in [1.82, 2.24) is 0 Å². The molecule has 11 heavy (non-hydrogen) atoms. The van der Waals surface area contributed by atoms with Crippen molar-refractivity contribution in [3.05, 3.63) is 12.2 Å². The van der Waals surface area contributed by atoms with Gasteiger partial charge in [-0.15, -0.1) is 0 Å². The van der Waals surface area contributed by atoms with Gasteiger partial charge in [0.1, 0.15) is 0 Å². The summed E-state index contributed by atoms with van der Waals surface area (Å²) in [7, 11) is 0. The van der Waals surface area contributed by atoms with Gasteiger partial charge in [-0.1, -0.05) is 34.3 Å². The SMILES string of the molecule is C=C(COCN)C(C)C.CC.[HH]. The first kappa shape index (κ1) is 13.3. The fraction of sp³-hybridized carbons (Fsp3) is 0.778. The summed E-state index contributed by atoms with van der Waals surface area (Å²) in [6.07, 6.45) is 0. The molecule has 2 heteroatoms. The van der Waals surface area contributed by atoms with E-state index in [-0.39, 0.29) is 8.16 Å². The first-order chi connectivity index (χ1) is 5.18. The van der Waals surface area contributed by atoms with Gasteiger partial charge in [0, 0.05) is 1.43 Å². The van der Waals surface area contributed by atoms with Crippen LogP contribution in [0, 0.1) is 5.92 Å². The molecule has 0 atom stereocenters. The molecule has 0 saturated heterocycles. The van der Waals surface area contributed by atoms with Gasteiger partial charge >= 0.3 is 0 Å². The van der Waals surface area contributed by atoms with Crippen molar-refractivity contribution in [2.45, 2.75) is 27.7 Å². The van der Waals surface area contributed by atoms with Gasteiger partial charge in [-0.05, 0) is 11.5 Å². The second kappa shape index (κ2) is 9.66. The van der Waals surface area contributed by atoms with Gasteiger partial charge in [0.25, 0.3) is 0 Å². The molecule has 0 aliphatic rings. The molecule has 0 spiro atoms. The lowest BCUT2D eigenvalue weighted by atomic mass is 10.1. The highest BCUT2D eigenvalue weighted by Crippen LogP contribution is 2.05. The minimum atomic E-state index is 0. The molecule has 0 aromatic rings. The Morgan fingerprint density at radius 3 is 2.27 bits per heavy atom. The zero-order valence-electron chi connectivity index (χ0n) is 8.18. The topological polar surface area (TPSA) is 35.2 Å². The Morgan fingerprint density at radius 2 is 2.00 bits per heavy atom. The zero-order valence-corrected chi connectivity index (χ0v) is 8.18. The second-order valence-corrected chi connectivity index (χ2v) is 2.33. The molecular formula is C9H23NO. The first-order valence-corrected chi connectivity index (χ1v) is 4.14. The van der Waals surface area contributed by atoms with E-state index in [9.17, 15) is 0 Å². The molecule has 0 fully saturated rings. The molecule has 0 aliphatic carbocycles. The Hall–Kier alpha value is -0.340. The Kier molecular flexibility index (Phi) is 11.6. The molecule has 0 amide bonds. The fourth-order valence-electron chi connectivity index (χ4n) is 0.357. The van der Waals surface area contributed by atoms with Crippen LogP contribution in [-0.2, 0) is 4.74 Å². The van der Waals surface area contributed by atoms with Crippen LogP contribution in [0.15, 0.2) is 12.2 Å². The highest BCUT2D eigenvalue weighted by molar-refractivity contribution is 4.97. The molecule has 2 N–H and O–H groups in total. The standard InChI is InChI=1S/C7H15NO.C2H6.H2/c1-6(2)7(3)4-9-5-8;1-2;/h6H,3-5,8H2,1-2H3;1-2H3;1H. The van der Waals surface area contributed by atoms with Crippen molar-refractivity contribution in [2.75, 3.05) is 13.3 Å². The summed E-state index contributed by atoms with van der Waals surface area (Å²) >= 11 is 0. The molecular weight excluding hydrogens is 138 g/mol. The van der Waals surface area contributed by atoms with E-state index >= 15 is 0 Å². The average molecular weight is 161 g/mol. The quantitative estimate of drug-likeness (QED) is 0.507. The van der Waals surface area contributed by atoms with Crippen molar-refractivity contribution in [3.8, 4) is 0 Å². The molecule has 0 heterocycles. The summed E-state index contributed by atoms with van der Waals surface area (Å²) in [6, 6.07) is 0. The minimum absolute atomic E-state index is 0. The molecule has 0 rings (SSSR count). The van der Waals surface area contributed by atoms with Crippen LogP contribution >= 0.6 is 0 Å². The van der Waals surface area contributed by atoms with Gasteiger partial charge in [0.15, 0.2) is 0 Å². The molecule has 2 nitrogen and oxygen atoms in total. The monoisotopic (exact) mass is 161 g/mol. The largest absolute Gasteiger partial charge is 0.362 e. The van der Waals surface area contributed by atoms with E-state index in [1.165, 1.54) is 0 Å². The Morgan fingerprint density at radius 1 is 1.55 bits per heavy atom. The fourth-order valence-corrected chi connectivity index (χ4v) is 0.357. The van der Waals surface area contributed by atoms with Crippen LogP contribution in [0.5, 0.6) is 0 Å². The summed E-state index contributed by atoms with van der Waals surface area (Å²) in [5, 5.41) is 0. The molecule has 0 unspecified atom stereocenters. The summed E-state index contributed by atoms with van der Waals surface area (Å²) in [6.45, 7) is 12.9. The van der Waals surface area contributed by atoms with Crippen molar-refractivity contribution < 1.29 is 6.16 Å². The van der Waals surface area contributed by atoms with Crippen molar-refractivity contribution in [2.24, 2.45) is 11.7 Å². The van der Waals surface area contributed by atoms with Crippen molar-refractivity contribution in [1.29, 1.82) is 0 Å². The van der Waals surface area contributed by atoms with Crippen molar-refractivity contribution >= 4 is 0 Å². The van der Waals surface area contributed by atoms with Crippen LogP contribution in [0.1, 0.15) is 29.1 Å². The molecule has 0 bridgehead atoms. The third kappa shape index (κ3) is 9.66. The lowest BCUT2D eigenvalue weighted by Gasteiger charge is -2.07. The predicted molar refractivity (Wildman–Crippen MR) is 52.4 cm³/mol. The van der Waals surface area contributed by atoms with Gasteiger partial charge in [0.05, 0.1) is 13.3 Å². The smallest absolute Gasteiger partial charge is 0.0944 e. The summed E-state index contributed by atoms with van der Waals surface area (Å²) in [5.41, 5.74) is 6.21. The van der Waals surface area contributed by atoms with Gasteiger partial charge in [0.2, 0.25) is 0 Å². The Balaban J connectivity index is -0.000000249. The lowest BCUT2D eigenvalue weighted by Crippen LogP contribution is -2.09. The van der Waals surface area contributed by atoms with Crippen LogP contribution in [0.4, 0.5) is 0 Å². The highest BCUT2D eigenvalue weighted by Gasteiger charge is 1.97. The Bertz CT molecular complexity index is 94.5. The predicted octanol–water partition coefficient (Wildman–Crippen LogP) is 2.40. The second-order valence-electron chi connectivity index (χ2n) is 2.33.